The highest BCUT2D eigenvalue weighted by Crippen LogP contribution is 2.15. The van der Waals surface area contributed by atoms with E-state index in [-0.39, 0.29) is 11.9 Å². The van der Waals surface area contributed by atoms with Gasteiger partial charge in [-0.25, -0.2) is 4.98 Å². The lowest BCUT2D eigenvalue weighted by atomic mass is 10.1. The molecule has 25 heavy (non-hydrogen) atoms. The van der Waals surface area contributed by atoms with Crippen LogP contribution in [0.15, 0.2) is 55.0 Å². The second kappa shape index (κ2) is 6.59. The van der Waals surface area contributed by atoms with Crippen molar-refractivity contribution in [3.05, 3.63) is 72.1 Å². The molecule has 0 saturated carbocycles. The molecule has 0 aliphatic carbocycles. The maximum absolute atomic E-state index is 12.4. The van der Waals surface area contributed by atoms with Gasteiger partial charge in [-0.2, -0.15) is 0 Å². The predicted octanol–water partition coefficient (Wildman–Crippen LogP) is 2.66. The van der Waals surface area contributed by atoms with Crippen LogP contribution >= 0.6 is 0 Å². The highest BCUT2D eigenvalue weighted by molar-refractivity contribution is 5.78. The van der Waals surface area contributed by atoms with Crippen LogP contribution in [0.2, 0.25) is 0 Å². The fourth-order valence-corrected chi connectivity index (χ4v) is 3.46. The standard InChI is InChI=1S/C20H22N4O/c1-15-13-24-14-17(6-9-19(24)21-15)22-20(25)12-16-4-7-18(8-5-16)23-10-2-3-11-23/h2-5,7-8,10-11,13,17H,6,9,12,14H2,1H3,(H,22,25)/t17-/m1/s1. The van der Waals surface area contributed by atoms with Gasteiger partial charge in [0.05, 0.1) is 12.1 Å². The molecule has 0 bridgehead atoms. The molecule has 0 saturated heterocycles. The summed E-state index contributed by atoms with van der Waals surface area (Å²) in [5.41, 5.74) is 3.18. The minimum absolute atomic E-state index is 0.0824. The first-order valence-electron chi connectivity index (χ1n) is 8.72. The van der Waals surface area contributed by atoms with E-state index >= 15 is 0 Å². The van der Waals surface area contributed by atoms with Crippen LogP contribution < -0.4 is 5.32 Å². The first-order valence-corrected chi connectivity index (χ1v) is 8.72. The SMILES string of the molecule is Cc1cn2c(n1)CC[C@@H](NC(=O)Cc1ccc(-n3cccc3)cc1)C2. The minimum atomic E-state index is 0.0824. The Labute approximate surface area is 147 Å². The van der Waals surface area contributed by atoms with Crippen molar-refractivity contribution in [2.24, 2.45) is 0 Å². The van der Waals surface area contributed by atoms with Gasteiger partial charge in [0.1, 0.15) is 5.82 Å². The highest BCUT2D eigenvalue weighted by Gasteiger charge is 2.21. The maximum atomic E-state index is 12.4. The lowest BCUT2D eigenvalue weighted by molar-refractivity contribution is -0.121. The second-order valence-corrected chi connectivity index (χ2v) is 6.69. The van der Waals surface area contributed by atoms with Gasteiger partial charge in [0.25, 0.3) is 0 Å². The van der Waals surface area contributed by atoms with Crippen molar-refractivity contribution in [3.63, 3.8) is 0 Å². The van der Waals surface area contributed by atoms with Crippen LogP contribution in [0.1, 0.15) is 23.5 Å². The van der Waals surface area contributed by atoms with Crippen LogP contribution in [0.25, 0.3) is 5.69 Å². The Morgan fingerprint density at radius 3 is 2.76 bits per heavy atom. The van der Waals surface area contributed by atoms with E-state index in [4.69, 9.17) is 0 Å². The molecule has 1 aliphatic heterocycles. The van der Waals surface area contributed by atoms with Gasteiger partial charge in [-0.3, -0.25) is 4.79 Å². The molecule has 1 aliphatic rings. The molecule has 3 aromatic rings. The molecule has 4 rings (SSSR count). The van der Waals surface area contributed by atoms with E-state index < -0.39 is 0 Å². The number of carbonyl (C=O) groups is 1. The number of rotatable bonds is 4. The Morgan fingerprint density at radius 2 is 2.00 bits per heavy atom. The third-order valence-electron chi connectivity index (χ3n) is 4.68. The van der Waals surface area contributed by atoms with Crippen molar-refractivity contribution in [1.29, 1.82) is 0 Å². The Balaban J connectivity index is 1.35. The average molecular weight is 334 g/mol. The lowest BCUT2D eigenvalue weighted by Crippen LogP contribution is -2.41. The first-order chi connectivity index (χ1) is 12.2. The number of hydrogen-bond acceptors (Lipinski definition) is 2. The summed E-state index contributed by atoms with van der Waals surface area (Å²) in [6.07, 6.45) is 8.37. The largest absolute Gasteiger partial charge is 0.351 e. The normalized spacial score (nSPS) is 16.4. The Kier molecular flexibility index (Phi) is 4.14. The van der Waals surface area contributed by atoms with Gasteiger partial charge in [-0.1, -0.05) is 12.1 Å². The number of imidazole rings is 1. The number of aromatic nitrogens is 3. The number of hydrogen-bond donors (Lipinski definition) is 1. The molecule has 0 radical (unpaired) electrons. The number of aryl methyl sites for hydroxylation is 2. The number of nitrogens with zero attached hydrogens (tertiary/aromatic N) is 3. The average Bonchev–Trinajstić information content (AvgIpc) is 3.23. The number of fused-ring (bicyclic) bond motifs is 1. The zero-order valence-electron chi connectivity index (χ0n) is 14.4. The third-order valence-corrected chi connectivity index (χ3v) is 4.68. The van der Waals surface area contributed by atoms with Gasteiger partial charge in [0.15, 0.2) is 0 Å². The quantitative estimate of drug-likeness (QED) is 0.797. The summed E-state index contributed by atoms with van der Waals surface area (Å²) >= 11 is 0. The lowest BCUT2D eigenvalue weighted by Gasteiger charge is -2.24. The van der Waals surface area contributed by atoms with Gasteiger partial charge in [-0.05, 0) is 43.2 Å². The fourth-order valence-electron chi connectivity index (χ4n) is 3.46. The molecule has 0 spiro atoms. The fraction of sp³-hybridized carbons (Fsp3) is 0.300. The van der Waals surface area contributed by atoms with Crippen molar-refractivity contribution in [3.8, 4) is 5.69 Å². The summed E-state index contributed by atoms with van der Waals surface area (Å²) in [5.74, 6) is 1.21. The molecule has 0 unspecified atom stereocenters. The summed E-state index contributed by atoms with van der Waals surface area (Å²) in [5, 5.41) is 3.17. The zero-order valence-corrected chi connectivity index (χ0v) is 14.4. The zero-order chi connectivity index (χ0) is 17.2. The Hall–Kier alpha value is -2.82. The molecule has 1 amide bonds. The number of amides is 1. The van der Waals surface area contributed by atoms with Gasteiger partial charge in [0, 0.05) is 43.3 Å². The summed E-state index contributed by atoms with van der Waals surface area (Å²) in [6, 6.07) is 12.3. The van der Waals surface area contributed by atoms with Crippen LogP contribution in [0, 0.1) is 6.92 Å². The topological polar surface area (TPSA) is 51.9 Å². The predicted molar refractivity (Wildman–Crippen MR) is 96.7 cm³/mol. The molecule has 0 fully saturated rings. The van der Waals surface area contributed by atoms with Crippen molar-refractivity contribution in [2.75, 3.05) is 0 Å². The monoisotopic (exact) mass is 334 g/mol. The maximum Gasteiger partial charge on any atom is 0.224 e. The molecule has 1 aromatic carbocycles. The van der Waals surface area contributed by atoms with E-state index in [0.29, 0.717) is 6.42 Å². The molecule has 1 N–H and O–H groups in total. The smallest absolute Gasteiger partial charge is 0.224 e. The van der Waals surface area contributed by atoms with Crippen molar-refractivity contribution in [1.82, 2.24) is 19.4 Å². The molecule has 2 aromatic heterocycles. The van der Waals surface area contributed by atoms with E-state index in [1.807, 2.05) is 55.7 Å². The summed E-state index contributed by atoms with van der Waals surface area (Å²) < 4.78 is 4.21. The van der Waals surface area contributed by atoms with Gasteiger partial charge in [0.2, 0.25) is 5.91 Å². The van der Waals surface area contributed by atoms with Crippen LogP contribution in [-0.2, 0) is 24.2 Å². The minimum Gasteiger partial charge on any atom is -0.351 e. The van der Waals surface area contributed by atoms with E-state index in [0.717, 1.165) is 42.2 Å². The summed E-state index contributed by atoms with van der Waals surface area (Å²) in [6.45, 7) is 2.82. The second-order valence-electron chi connectivity index (χ2n) is 6.69. The highest BCUT2D eigenvalue weighted by atomic mass is 16.1. The molecule has 5 heteroatoms. The van der Waals surface area contributed by atoms with Crippen LogP contribution in [0.5, 0.6) is 0 Å². The van der Waals surface area contributed by atoms with E-state index in [9.17, 15) is 4.79 Å². The number of carbonyl (C=O) groups excluding carboxylic acids is 1. The first kappa shape index (κ1) is 15.7. The van der Waals surface area contributed by atoms with E-state index in [1.54, 1.807) is 0 Å². The van der Waals surface area contributed by atoms with Crippen LogP contribution in [-0.4, -0.2) is 26.1 Å². The molecule has 1 atom stereocenters. The van der Waals surface area contributed by atoms with Gasteiger partial charge >= 0.3 is 0 Å². The van der Waals surface area contributed by atoms with Crippen molar-refractivity contribution in [2.45, 2.75) is 38.8 Å². The molecular formula is C20H22N4O. The molecular weight excluding hydrogens is 312 g/mol. The van der Waals surface area contributed by atoms with Gasteiger partial charge in [-0.15, -0.1) is 0 Å². The Bertz CT molecular complexity index is 862. The molecule has 5 nitrogen and oxygen atoms in total. The summed E-state index contributed by atoms with van der Waals surface area (Å²) in [7, 11) is 0. The van der Waals surface area contributed by atoms with Crippen molar-refractivity contribution >= 4 is 5.91 Å². The molecule has 128 valence electrons. The molecule has 3 heterocycles. The number of benzene rings is 1. The summed E-state index contributed by atoms with van der Waals surface area (Å²) in [4.78, 5) is 16.9. The Morgan fingerprint density at radius 1 is 1.24 bits per heavy atom. The van der Waals surface area contributed by atoms with Crippen LogP contribution in [0.3, 0.4) is 0 Å². The van der Waals surface area contributed by atoms with E-state index in [2.05, 4.69) is 25.6 Å². The number of nitrogens with one attached hydrogen (secondary N) is 1. The third kappa shape index (κ3) is 3.50. The van der Waals surface area contributed by atoms with Crippen molar-refractivity contribution < 1.29 is 4.79 Å². The van der Waals surface area contributed by atoms with Gasteiger partial charge < -0.3 is 14.5 Å². The van der Waals surface area contributed by atoms with Crippen LogP contribution in [0.4, 0.5) is 0 Å². The van der Waals surface area contributed by atoms with E-state index in [1.165, 1.54) is 0 Å².